The van der Waals surface area contributed by atoms with E-state index in [1.54, 1.807) is 4.90 Å². The zero-order valence-electron chi connectivity index (χ0n) is 12.9. The van der Waals surface area contributed by atoms with Gasteiger partial charge in [-0.15, -0.1) is 0 Å². The third-order valence-corrected chi connectivity index (χ3v) is 4.55. The van der Waals surface area contributed by atoms with Gasteiger partial charge in [0, 0.05) is 6.54 Å². The van der Waals surface area contributed by atoms with E-state index in [-0.39, 0.29) is 30.5 Å². The molecular weight excluding hydrogens is 272 g/mol. The van der Waals surface area contributed by atoms with Crippen molar-refractivity contribution in [1.29, 1.82) is 0 Å². The Bertz CT molecular complexity index is 388. The number of carbonyl (C=O) groups is 2. The number of rotatable bonds is 5. The number of carboxylic acids is 1. The standard InChI is InChI=1S/C15H26N2O4/c1-3-7-17(12-9-21-8-11(12)15(19)20)14(18)13-10(2)5-4-6-16-13/h10-13,16H,3-9H2,1-2H3,(H,19,20). The van der Waals surface area contributed by atoms with Gasteiger partial charge in [-0.2, -0.15) is 0 Å². The summed E-state index contributed by atoms with van der Waals surface area (Å²) in [6.07, 6.45) is 2.94. The van der Waals surface area contributed by atoms with Crippen molar-refractivity contribution in [2.75, 3.05) is 26.3 Å². The fraction of sp³-hybridized carbons (Fsp3) is 0.867. The van der Waals surface area contributed by atoms with E-state index in [2.05, 4.69) is 12.2 Å². The monoisotopic (exact) mass is 298 g/mol. The van der Waals surface area contributed by atoms with Crippen LogP contribution in [-0.4, -0.2) is 60.3 Å². The SMILES string of the molecule is CCCN(C(=O)C1NCCCC1C)C1COCC1C(=O)O. The maximum absolute atomic E-state index is 12.9. The number of hydrogen-bond donors (Lipinski definition) is 2. The third-order valence-electron chi connectivity index (χ3n) is 4.55. The van der Waals surface area contributed by atoms with Crippen LogP contribution in [0.4, 0.5) is 0 Å². The van der Waals surface area contributed by atoms with Crippen LogP contribution in [0.3, 0.4) is 0 Å². The molecule has 2 aliphatic rings. The van der Waals surface area contributed by atoms with E-state index in [1.165, 1.54) is 0 Å². The molecule has 2 N–H and O–H groups in total. The summed E-state index contributed by atoms with van der Waals surface area (Å²) in [5.74, 6) is -1.17. The summed E-state index contributed by atoms with van der Waals surface area (Å²) >= 11 is 0. The molecule has 0 aromatic heterocycles. The van der Waals surface area contributed by atoms with Gasteiger partial charge in [-0.3, -0.25) is 9.59 Å². The molecule has 6 heteroatoms. The molecule has 0 radical (unpaired) electrons. The molecule has 0 aromatic carbocycles. The molecule has 2 heterocycles. The number of hydrogen-bond acceptors (Lipinski definition) is 4. The first-order valence-corrected chi connectivity index (χ1v) is 7.90. The second kappa shape index (κ2) is 7.22. The quantitative estimate of drug-likeness (QED) is 0.781. The Labute approximate surface area is 125 Å². The molecule has 0 saturated carbocycles. The Morgan fingerprint density at radius 1 is 1.38 bits per heavy atom. The maximum atomic E-state index is 12.9. The number of nitrogens with one attached hydrogen (secondary N) is 1. The summed E-state index contributed by atoms with van der Waals surface area (Å²) < 4.78 is 5.33. The summed E-state index contributed by atoms with van der Waals surface area (Å²) in [6.45, 7) is 6.04. The van der Waals surface area contributed by atoms with E-state index >= 15 is 0 Å². The van der Waals surface area contributed by atoms with Crippen molar-refractivity contribution in [1.82, 2.24) is 10.2 Å². The lowest BCUT2D eigenvalue weighted by Gasteiger charge is -2.37. The minimum absolute atomic E-state index is 0.0331. The Hall–Kier alpha value is -1.14. The third kappa shape index (κ3) is 3.55. The normalized spacial score (nSPS) is 32.9. The number of nitrogens with zero attached hydrogens (tertiary/aromatic N) is 1. The molecule has 0 bridgehead atoms. The predicted molar refractivity (Wildman–Crippen MR) is 77.9 cm³/mol. The van der Waals surface area contributed by atoms with Gasteiger partial charge in [0.25, 0.3) is 0 Å². The van der Waals surface area contributed by atoms with Crippen LogP contribution in [0, 0.1) is 11.8 Å². The van der Waals surface area contributed by atoms with Gasteiger partial charge in [0.2, 0.25) is 5.91 Å². The van der Waals surface area contributed by atoms with Crippen molar-refractivity contribution in [2.24, 2.45) is 11.8 Å². The van der Waals surface area contributed by atoms with Crippen molar-refractivity contribution >= 4 is 11.9 Å². The first kappa shape index (κ1) is 16.2. The van der Waals surface area contributed by atoms with E-state index in [0.29, 0.717) is 13.2 Å². The minimum atomic E-state index is -0.879. The largest absolute Gasteiger partial charge is 0.481 e. The molecular formula is C15H26N2O4. The van der Waals surface area contributed by atoms with E-state index in [4.69, 9.17) is 4.74 Å². The highest BCUT2D eigenvalue weighted by atomic mass is 16.5. The number of piperidine rings is 1. The van der Waals surface area contributed by atoms with Crippen LogP contribution < -0.4 is 5.32 Å². The average Bonchev–Trinajstić information content (AvgIpc) is 2.94. The molecule has 2 aliphatic heterocycles. The van der Waals surface area contributed by atoms with Crippen LogP contribution in [0.15, 0.2) is 0 Å². The summed E-state index contributed by atoms with van der Waals surface area (Å²) in [6, 6.07) is -0.536. The molecule has 2 saturated heterocycles. The maximum Gasteiger partial charge on any atom is 0.311 e. The molecule has 0 spiro atoms. The van der Waals surface area contributed by atoms with Crippen molar-refractivity contribution in [3.8, 4) is 0 Å². The van der Waals surface area contributed by atoms with Crippen LogP contribution in [0.1, 0.15) is 33.1 Å². The second-order valence-corrected chi connectivity index (χ2v) is 6.13. The summed E-state index contributed by atoms with van der Waals surface area (Å²) in [5, 5.41) is 12.6. The highest BCUT2D eigenvalue weighted by Gasteiger charge is 2.42. The average molecular weight is 298 g/mol. The van der Waals surface area contributed by atoms with Crippen LogP contribution in [0.5, 0.6) is 0 Å². The first-order valence-electron chi connectivity index (χ1n) is 7.90. The van der Waals surface area contributed by atoms with E-state index in [0.717, 1.165) is 25.8 Å². The van der Waals surface area contributed by atoms with Crippen LogP contribution in [0.2, 0.25) is 0 Å². The number of ether oxygens (including phenoxy) is 1. The van der Waals surface area contributed by atoms with Crippen LogP contribution in [0.25, 0.3) is 0 Å². The lowest BCUT2D eigenvalue weighted by Crippen LogP contribution is -2.57. The van der Waals surface area contributed by atoms with E-state index in [9.17, 15) is 14.7 Å². The highest BCUT2D eigenvalue weighted by Crippen LogP contribution is 2.24. The van der Waals surface area contributed by atoms with Crippen molar-refractivity contribution in [2.45, 2.75) is 45.2 Å². The molecule has 2 rings (SSSR count). The topological polar surface area (TPSA) is 78.9 Å². The van der Waals surface area contributed by atoms with Crippen molar-refractivity contribution in [3.63, 3.8) is 0 Å². The fourth-order valence-electron chi connectivity index (χ4n) is 3.33. The van der Waals surface area contributed by atoms with Crippen molar-refractivity contribution < 1.29 is 19.4 Å². The molecule has 1 amide bonds. The van der Waals surface area contributed by atoms with Gasteiger partial charge in [0.1, 0.15) is 5.92 Å². The lowest BCUT2D eigenvalue weighted by atomic mass is 9.90. The molecule has 6 nitrogen and oxygen atoms in total. The van der Waals surface area contributed by atoms with Crippen LogP contribution >= 0.6 is 0 Å². The Morgan fingerprint density at radius 2 is 2.14 bits per heavy atom. The predicted octanol–water partition coefficient (Wildman–Crippen LogP) is 0.713. The van der Waals surface area contributed by atoms with Gasteiger partial charge in [0.15, 0.2) is 0 Å². The minimum Gasteiger partial charge on any atom is -0.481 e. The Balaban J connectivity index is 2.13. The van der Waals surface area contributed by atoms with Gasteiger partial charge in [-0.05, 0) is 31.7 Å². The zero-order chi connectivity index (χ0) is 15.4. The lowest BCUT2D eigenvalue weighted by molar-refractivity contribution is -0.146. The summed E-state index contributed by atoms with van der Waals surface area (Å²) in [7, 11) is 0. The van der Waals surface area contributed by atoms with Gasteiger partial charge in [-0.1, -0.05) is 13.8 Å². The summed E-state index contributed by atoms with van der Waals surface area (Å²) in [4.78, 5) is 26.0. The van der Waals surface area contributed by atoms with Gasteiger partial charge in [-0.25, -0.2) is 0 Å². The van der Waals surface area contributed by atoms with Gasteiger partial charge < -0.3 is 20.1 Å². The summed E-state index contributed by atoms with van der Waals surface area (Å²) in [5.41, 5.74) is 0. The highest BCUT2D eigenvalue weighted by molar-refractivity contribution is 5.83. The molecule has 2 fully saturated rings. The molecule has 0 aromatic rings. The number of amides is 1. The van der Waals surface area contributed by atoms with E-state index < -0.39 is 11.9 Å². The zero-order valence-corrected chi connectivity index (χ0v) is 12.9. The Kier molecular flexibility index (Phi) is 5.58. The van der Waals surface area contributed by atoms with Gasteiger partial charge >= 0.3 is 5.97 Å². The first-order chi connectivity index (χ1) is 10.1. The second-order valence-electron chi connectivity index (χ2n) is 6.13. The fourth-order valence-corrected chi connectivity index (χ4v) is 3.33. The number of carbonyl (C=O) groups excluding carboxylic acids is 1. The number of carboxylic acid groups (broad SMARTS) is 1. The van der Waals surface area contributed by atoms with E-state index in [1.807, 2.05) is 6.92 Å². The number of aliphatic carboxylic acids is 1. The molecule has 4 atom stereocenters. The molecule has 120 valence electrons. The van der Waals surface area contributed by atoms with Crippen molar-refractivity contribution in [3.05, 3.63) is 0 Å². The van der Waals surface area contributed by atoms with Crippen LogP contribution in [-0.2, 0) is 14.3 Å². The Morgan fingerprint density at radius 3 is 2.76 bits per heavy atom. The molecule has 21 heavy (non-hydrogen) atoms. The molecule has 4 unspecified atom stereocenters. The molecule has 0 aliphatic carbocycles. The smallest absolute Gasteiger partial charge is 0.311 e. The van der Waals surface area contributed by atoms with Gasteiger partial charge in [0.05, 0.1) is 25.3 Å².